The third kappa shape index (κ3) is 2.69. The number of rotatable bonds is 2. The maximum absolute atomic E-state index is 11.9. The number of thiophene rings is 1. The van der Waals surface area contributed by atoms with E-state index in [4.69, 9.17) is 11.0 Å². The molecule has 0 saturated carbocycles. The van der Waals surface area contributed by atoms with Crippen molar-refractivity contribution in [3.8, 4) is 6.07 Å². The Hall–Kier alpha value is -1.26. The van der Waals surface area contributed by atoms with Crippen LogP contribution in [0, 0.1) is 17.2 Å². The summed E-state index contributed by atoms with van der Waals surface area (Å²) in [4.78, 5) is 2.46. The number of sulfone groups is 1. The van der Waals surface area contributed by atoms with E-state index in [-0.39, 0.29) is 15.5 Å². The summed E-state index contributed by atoms with van der Waals surface area (Å²) in [7, 11) is -3.43. The molecule has 1 aliphatic heterocycles. The maximum Gasteiger partial charge on any atom is 0.180 e. The largest absolute Gasteiger partial charge is 0.396 e. The fourth-order valence-corrected chi connectivity index (χ4v) is 4.98. The first kappa shape index (κ1) is 14.2. The molecule has 5 nitrogen and oxygen atoms in total. The number of nitrogen functional groups attached to an aromatic ring is 1. The van der Waals surface area contributed by atoms with Gasteiger partial charge in [0.2, 0.25) is 0 Å². The predicted molar refractivity (Wildman–Crippen MR) is 77.2 cm³/mol. The molecule has 0 aromatic carbocycles. The van der Waals surface area contributed by atoms with Crippen LogP contribution >= 0.6 is 11.3 Å². The van der Waals surface area contributed by atoms with E-state index >= 15 is 0 Å². The van der Waals surface area contributed by atoms with Crippen LogP contribution < -0.4 is 10.6 Å². The van der Waals surface area contributed by atoms with Gasteiger partial charge in [-0.15, -0.1) is 11.3 Å². The standard InChI is InChI=1S/C12H17N3O2S2/c1-8-4-3-5-15(7-8)12-11(19(2,16)17)10(14)9(6-13)18-12/h8H,3-5,7,14H2,1-2H3. The van der Waals surface area contributed by atoms with Crippen LogP contribution in [0.3, 0.4) is 0 Å². The quantitative estimate of drug-likeness (QED) is 0.900. The van der Waals surface area contributed by atoms with Gasteiger partial charge >= 0.3 is 0 Å². The Morgan fingerprint density at radius 1 is 1.53 bits per heavy atom. The first-order valence-corrected chi connectivity index (χ1v) is 8.82. The van der Waals surface area contributed by atoms with Crippen molar-refractivity contribution in [3.05, 3.63) is 4.88 Å². The average Bonchev–Trinajstić information content (AvgIpc) is 2.66. The van der Waals surface area contributed by atoms with Gasteiger partial charge in [0.15, 0.2) is 9.84 Å². The topological polar surface area (TPSA) is 87.2 Å². The van der Waals surface area contributed by atoms with E-state index in [1.807, 2.05) is 11.0 Å². The molecule has 19 heavy (non-hydrogen) atoms. The minimum absolute atomic E-state index is 0.100. The second-order valence-electron chi connectivity index (χ2n) is 5.06. The number of nitrogens with zero attached hydrogens (tertiary/aromatic N) is 2. The highest BCUT2D eigenvalue weighted by atomic mass is 32.2. The molecule has 2 heterocycles. The summed E-state index contributed by atoms with van der Waals surface area (Å²) in [6, 6.07) is 1.98. The van der Waals surface area contributed by atoms with Crippen LogP contribution in [-0.4, -0.2) is 27.8 Å². The molecule has 0 bridgehead atoms. The third-order valence-corrected chi connectivity index (χ3v) is 5.75. The zero-order chi connectivity index (χ0) is 14.2. The fraction of sp³-hybridized carbons (Fsp3) is 0.583. The molecule has 1 atom stereocenters. The summed E-state index contributed by atoms with van der Waals surface area (Å²) in [5.41, 5.74) is 5.92. The van der Waals surface area contributed by atoms with Crippen molar-refractivity contribution < 1.29 is 8.42 Å². The first-order valence-electron chi connectivity index (χ1n) is 6.12. The van der Waals surface area contributed by atoms with Crippen molar-refractivity contribution in [2.75, 3.05) is 30.0 Å². The lowest BCUT2D eigenvalue weighted by Gasteiger charge is -2.32. The summed E-state index contributed by atoms with van der Waals surface area (Å²) in [6.45, 7) is 3.78. The van der Waals surface area contributed by atoms with Crippen LogP contribution in [0.5, 0.6) is 0 Å². The van der Waals surface area contributed by atoms with Gasteiger partial charge < -0.3 is 10.6 Å². The van der Waals surface area contributed by atoms with E-state index in [1.165, 1.54) is 11.3 Å². The molecule has 1 aromatic heterocycles. The Labute approximate surface area is 117 Å². The number of anilines is 2. The molecule has 0 spiro atoms. The van der Waals surface area contributed by atoms with Gasteiger partial charge in [-0.25, -0.2) is 8.42 Å². The minimum atomic E-state index is -3.43. The molecule has 1 fully saturated rings. The molecule has 7 heteroatoms. The predicted octanol–water partition coefficient (Wildman–Crippen LogP) is 1.84. The van der Waals surface area contributed by atoms with Crippen molar-refractivity contribution in [2.24, 2.45) is 5.92 Å². The molecular weight excluding hydrogens is 282 g/mol. The molecule has 0 aliphatic carbocycles. The van der Waals surface area contributed by atoms with Crippen molar-refractivity contribution in [1.29, 1.82) is 5.26 Å². The van der Waals surface area contributed by atoms with Crippen molar-refractivity contribution >= 4 is 31.9 Å². The summed E-state index contributed by atoms with van der Waals surface area (Å²) < 4.78 is 23.8. The van der Waals surface area contributed by atoms with E-state index in [0.29, 0.717) is 10.9 Å². The van der Waals surface area contributed by atoms with Gasteiger partial charge in [-0.05, 0) is 18.8 Å². The van der Waals surface area contributed by atoms with Gasteiger partial charge in [-0.3, -0.25) is 0 Å². The highest BCUT2D eigenvalue weighted by Crippen LogP contribution is 2.42. The van der Waals surface area contributed by atoms with E-state index in [2.05, 4.69) is 6.92 Å². The van der Waals surface area contributed by atoms with Gasteiger partial charge in [0.05, 0.1) is 5.69 Å². The van der Waals surface area contributed by atoms with E-state index in [0.717, 1.165) is 32.2 Å². The molecule has 2 N–H and O–H groups in total. The lowest BCUT2D eigenvalue weighted by molar-refractivity contribution is 0.447. The van der Waals surface area contributed by atoms with Crippen LogP contribution in [0.2, 0.25) is 0 Å². The highest BCUT2D eigenvalue weighted by Gasteiger charge is 2.29. The van der Waals surface area contributed by atoms with Crippen molar-refractivity contribution in [2.45, 2.75) is 24.7 Å². The van der Waals surface area contributed by atoms with Crippen LogP contribution in [-0.2, 0) is 9.84 Å². The monoisotopic (exact) mass is 299 g/mol. The molecule has 2 rings (SSSR count). The van der Waals surface area contributed by atoms with E-state index in [9.17, 15) is 8.42 Å². The van der Waals surface area contributed by atoms with Gasteiger partial charge in [0, 0.05) is 19.3 Å². The van der Waals surface area contributed by atoms with E-state index < -0.39 is 9.84 Å². The number of piperidine rings is 1. The molecule has 0 amide bonds. The Bertz CT molecular complexity index is 628. The van der Waals surface area contributed by atoms with Gasteiger partial charge in [0.25, 0.3) is 0 Å². The van der Waals surface area contributed by atoms with Crippen molar-refractivity contribution in [1.82, 2.24) is 0 Å². The second-order valence-corrected chi connectivity index (χ2v) is 8.01. The second kappa shape index (κ2) is 5.02. The summed E-state index contributed by atoms with van der Waals surface area (Å²) >= 11 is 1.18. The number of nitriles is 1. The molecule has 1 aliphatic rings. The maximum atomic E-state index is 11.9. The average molecular weight is 299 g/mol. The van der Waals surface area contributed by atoms with E-state index in [1.54, 1.807) is 0 Å². The Morgan fingerprint density at radius 3 is 2.74 bits per heavy atom. The SMILES string of the molecule is CC1CCCN(c2sc(C#N)c(N)c2S(C)(=O)=O)C1. The number of hydrogen-bond acceptors (Lipinski definition) is 6. The summed E-state index contributed by atoms with van der Waals surface area (Å²) in [5, 5.41) is 9.67. The lowest BCUT2D eigenvalue weighted by Crippen LogP contribution is -2.34. The minimum Gasteiger partial charge on any atom is -0.396 e. The number of hydrogen-bond donors (Lipinski definition) is 1. The third-order valence-electron chi connectivity index (χ3n) is 3.30. The highest BCUT2D eigenvalue weighted by molar-refractivity contribution is 7.91. The molecule has 1 saturated heterocycles. The van der Waals surface area contributed by atoms with Gasteiger partial charge in [0.1, 0.15) is 20.8 Å². The molecule has 0 radical (unpaired) electrons. The zero-order valence-corrected chi connectivity index (χ0v) is 12.6. The van der Waals surface area contributed by atoms with Crippen LogP contribution in [0.25, 0.3) is 0 Å². The van der Waals surface area contributed by atoms with Crippen LogP contribution in [0.4, 0.5) is 10.7 Å². The first-order chi connectivity index (χ1) is 8.84. The fourth-order valence-electron chi connectivity index (χ4n) is 2.44. The van der Waals surface area contributed by atoms with Crippen LogP contribution in [0.15, 0.2) is 4.90 Å². The number of nitrogens with two attached hydrogens (primary N) is 1. The van der Waals surface area contributed by atoms with Gasteiger partial charge in [-0.1, -0.05) is 6.92 Å². The molecular formula is C12H17N3O2S2. The molecule has 1 unspecified atom stereocenters. The zero-order valence-electron chi connectivity index (χ0n) is 11.0. The Kier molecular flexibility index (Phi) is 3.74. The van der Waals surface area contributed by atoms with Crippen LogP contribution in [0.1, 0.15) is 24.6 Å². The lowest BCUT2D eigenvalue weighted by atomic mass is 10.0. The summed E-state index contributed by atoms with van der Waals surface area (Å²) in [5.74, 6) is 0.523. The molecule has 1 aromatic rings. The van der Waals surface area contributed by atoms with Crippen molar-refractivity contribution in [3.63, 3.8) is 0 Å². The molecule has 104 valence electrons. The van der Waals surface area contributed by atoms with Gasteiger partial charge in [-0.2, -0.15) is 5.26 Å². The Morgan fingerprint density at radius 2 is 2.21 bits per heavy atom. The smallest absolute Gasteiger partial charge is 0.180 e. The normalized spacial score (nSPS) is 20.3. The summed E-state index contributed by atoms with van der Waals surface area (Å²) in [6.07, 6.45) is 3.32. The Balaban J connectivity index is 2.54.